The molecule has 2 heterocycles. The van der Waals surface area contributed by atoms with Crippen molar-refractivity contribution in [2.75, 3.05) is 38.4 Å². The Hall–Kier alpha value is -3.17. The largest absolute Gasteiger partial charge is 0.497 e. The molecular formula is C26H31N3O5S. The highest BCUT2D eigenvalue weighted by Gasteiger charge is 2.26. The molecule has 1 N–H and O–H groups in total. The van der Waals surface area contributed by atoms with Crippen molar-refractivity contribution in [3.05, 3.63) is 48.7 Å². The zero-order valence-corrected chi connectivity index (χ0v) is 21.3. The number of nitrogens with zero attached hydrogens (tertiary/aromatic N) is 2. The van der Waals surface area contributed by atoms with Crippen LogP contribution in [0, 0.1) is 0 Å². The number of carbonyl (C=O) groups is 2. The maximum absolute atomic E-state index is 13.0. The first-order valence-corrected chi connectivity index (χ1v) is 12.5. The number of aromatic nitrogens is 1. The third-order valence-electron chi connectivity index (χ3n) is 5.87. The van der Waals surface area contributed by atoms with Crippen LogP contribution in [0.5, 0.6) is 11.5 Å². The number of rotatable bonds is 8. The van der Waals surface area contributed by atoms with Crippen molar-refractivity contribution in [3.8, 4) is 11.5 Å². The van der Waals surface area contributed by atoms with E-state index in [4.69, 9.17) is 14.2 Å². The van der Waals surface area contributed by atoms with Gasteiger partial charge in [-0.15, -0.1) is 11.8 Å². The van der Waals surface area contributed by atoms with Crippen LogP contribution in [-0.4, -0.2) is 66.6 Å². The Morgan fingerprint density at radius 3 is 2.54 bits per heavy atom. The van der Waals surface area contributed by atoms with Crippen LogP contribution < -0.4 is 14.8 Å². The summed E-state index contributed by atoms with van der Waals surface area (Å²) >= 11 is 1.44. The number of para-hydroxylation sites is 1. The number of methoxy groups -OCH3 is 2. The first-order chi connectivity index (χ1) is 16.9. The summed E-state index contributed by atoms with van der Waals surface area (Å²) in [5.74, 6) is 1.31. The molecule has 3 aromatic rings. The van der Waals surface area contributed by atoms with Gasteiger partial charge in [0.1, 0.15) is 18.0 Å². The van der Waals surface area contributed by atoms with E-state index in [-0.39, 0.29) is 36.3 Å². The van der Waals surface area contributed by atoms with Crippen molar-refractivity contribution in [1.29, 1.82) is 0 Å². The normalized spacial score (nSPS) is 17.9. The Morgan fingerprint density at radius 2 is 1.83 bits per heavy atom. The Kier molecular flexibility index (Phi) is 7.87. The van der Waals surface area contributed by atoms with E-state index in [2.05, 4.69) is 5.32 Å². The fraction of sp³-hybridized carbons (Fsp3) is 0.385. The van der Waals surface area contributed by atoms with Gasteiger partial charge in [0.05, 0.1) is 37.9 Å². The molecule has 1 aliphatic heterocycles. The van der Waals surface area contributed by atoms with E-state index in [0.717, 1.165) is 15.8 Å². The van der Waals surface area contributed by atoms with Gasteiger partial charge in [-0.2, -0.15) is 0 Å². The fourth-order valence-corrected chi connectivity index (χ4v) is 5.21. The Morgan fingerprint density at radius 1 is 1.09 bits per heavy atom. The van der Waals surface area contributed by atoms with E-state index in [1.54, 1.807) is 32.4 Å². The number of anilines is 1. The van der Waals surface area contributed by atoms with Crippen LogP contribution in [0.2, 0.25) is 0 Å². The SMILES string of the molecule is COc1ccc(NC(=O)CSc2cn(CC(=O)N3C[C@@H](C)O[C@@H](C)C3)c3ccccc23)c(OC)c1. The van der Waals surface area contributed by atoms with Gasteiger partial charge in [0.15, 0.2) is 0 Å². The molecule has 2 amide bonds. The molecule has 0 saturated carbocycles. The third-order valence-corrected chi connectivity index (χ3v) is 6.91. The number of carbonyl (C=O) groups excluding carboxylic acids is 2. The monoisotopic (exact) mass is 497 g/mol. The topological polar surface area (TPSA) is 82.0 Å². The predicted octanol–water partition coefficient (Wildman–Crippen LogP) is 4.03. The van der Waals surface area contributed by atoms with E-state index in [9.17, 15) is 9.59 Å². The second-order valence-corrected chi connectivity index (χ2v) is 9.61. The number of ether oxygens (including phenoxy) is 3. The lowest BCUT2D eigenvalue weighted by Gasteiger charge is -2.35. The molecule has 0 bridgehead atoms. The summed E-state index contributed by atoms with van der Waals surface area (Å²) in [6.45, 7) is 5.42. The van der Waals surface area contributed by atoms with E-state index in [0.29, 0.717) is 30.3 Å². The first kappa shape index (κ1) is 24.9. The van der Waals surface area contributed by atoms with Gasteiger partial charge in [0, 0.05) is 41.2 Å². The van der Waals surface area contributed by atoms with Gasteiger partial charge in [-0.1, -0.05) is 18.2 Å². The summed E-state index contributed by atoms with van der Waals surface area (Å²) in [5, 5.41) is 3.92. The molecule has 1 aromatic heterocycles. The van der Waals surface area contributed by atoms with Crippen LogP contribution in [0.1, 0.15) is 13.8 Å². The minimum atomic E-state index is -0.150. The molecule has 2 aromatic carbocycles. The Bertz CT molecular complexity index is 1200. The number of benzene rings is 2. The zero-order chi connectivity index (χ0) is 24.9. The average Bonchev–Trinajstić information content (AvgIpc) is 3.19. The number of hydrogen-bond donors (Lipinski definition) is 1. The van der Waals surface area contributed by atoms with E-state index < -0.39 is 0 Å². The highest BCUT2D eigenvalue weighted by molar-refractivity contribution is 8.00. The van der Waals surface area contributed by atoms with Crippen LogP contribution >= 0.6 is 11.8 Å². The second-order valence-electron chi connectivity index (χ2n) is 8.60. The van der Waals surface area contributed by atoms with Gasteiger partial charge in [0.2, 0.25) is 11.8 Å². The van der Waals surface area contributed by atoms with Crippen LogP contribution in [0.3, 0.4) is 0 Å². The molecule has 1 saturated heterocycles. The minimum absolute atomic E-state index is 0.0260. The molecule has 186 valence electrons. The van der Waals surface area contributed by atoms with Crippen molar-refractivity contribution in [2.24, 2.45) is 0 Å². The lowest BCUT2D eigenvalue weighted by molar-refractivity contribution is -0.143. The van der Waals surface area contributed by atoms with Crippen molar-refractivity contribution >= 4 is 40.2 Å². The number of amides is 2. The van der Waals surface area contributed by atoms with Gasteiger partial charge in [0.25, 0.3) is 0 Å². The van der Waals surface area contributed by atoms with Crippen LogP contribution in [-0.2, 0) is 20.9 Å². The standard InChI is InChI=1S/C26H31N3O5S/c1-17-12-29(13-18(2)34-17)26(31)15-28-14-24(20-7-5-6-8-22(20)28)35-16-25(30)27-21-10-9-19(32-3)11-23(21)33-4/h5-11,14,17-18H,12-13,15-16H2,1-4H3,(H,27,30)/t17-,18+. The van der Waals surface area contributed by atoms with Gasteiger partial charge in [-0.3, -0.25) is 9.59 Å². The molecule has 8 nitrogen and oxygen atoms in total. The molecule has 0 radical (unpaired) electrons. The van der Waals surface area contributed by atoms with Gasteiger partial charge in [-0.05, 0) is 32.0 Å². The highest BCUT2D eigenvalue weighted by Crippen LogP contribution is 2.32. The smallest absolute Gasteiger partial charge is 0.242 e. The highest BCUT2D eigenvalue weighted by atomic mass is 32.2. The van der Waals surface area contributed by atoms with Gasteiger partial charge >= 0.3 is 0 Å². The Labute approximate surface area is 209 Å². The molecule has 2 atom stereocenters. The summed E-state index contributed by atoms with van der Waals surface area (Å²) < 4.78 is 18.3. The molecular weight excluding hydrogens is 466 g/mol. The van der Waals surface area contributed by atoms with Crippen LogP contribution in [0.4, 0.5) is 5.69 Å². The number of fused-ring (bicyclic) bond motifs is 1. The summed E-state index contributed by atoms with van der Waals surface area (Å²) in [6.07, 6.45) is 2.01. The summed E-state index contributed by atoms with van der Waals surface area (Å²) in [4.78, 5) is 28.6. The van der Waals surface area contributed by atoms with Crippen molar-refractivity contribution in [1.82, 2.24) is 9.47 Å². The molecule has 1 fully saturated rings. The maximum atomic E-state index is 13.0. The van der Waals surface area contributed by atoms with Crippen molar-refractivity contribution in [2.45, 2.75) is 37.5 Å². The van der Waals surface area contributed by atoms with Gasteiger partial charge < -0.3 is 29.0 Å². The van der Waals surface area contributed by atoms with E-state index in [1.807, 2.05) is 53.8 Å². The predicted molar refractivity (Wildman–Crippen MR) is 137 cm³/mol. The van der Waals surface area contributed by atoms with Crippen LogP contribution in [0.25, 0.3) is 10.9 Å². The van der Waals surface area contributed by atoms with Crippen LogP contribution in [0.15, 0.2) is 53.6 Å². The van der Waals surface area contributed by atoms with Crippen molar-refractivity contribution < 1.29 is 23.8 Å². The fourth-order valence-electron chi connectivity index (χ4n) is 4.32. The number of morpholine rings is 1. The molecule has 0 aliphatic carbocycles. The van der Waals surface area contributed by atoms with Gasteiger partial charge in [-0.25, -0.2) is 0 Å². The summed E-state index contributed by atoms with van der Waals surface area (Å²) in [6, 6.07) is 13.2. The molecule has 9 heteroatoms. The minimum Gasteiger partial charge on any atom is -0.497 e. The molecule has 35 heavy (non-hydrogen) atoms. The van der Waals surface area contributed by atoms with Crippen molar-refractivity contribution in [3.63, 3.8) is 0 Å². The number of thioether (sulfide) groups is 1. The molecule has 0 spiro atoms. The molecule has 0 unspecified atom stereocenters. The maximum Gasteiger partial charge on any atom is 0.242 e. The second kappa shape index (κ2) is 11.0. The third kappa shape index (κ3) is 5.91. The lowest BCUT2D eigenvalue weighted by Crippen LogP contribution is -2.49. The summed E-state index contributed by atoms with van der Waals surface area (Å²) in [5.41, 5.74) is 1.55. The average molecular weight is 498 g/mol. The zero-order valence-electron chi connectivity index (χ0n) is 20.4. The summed E-state index contributed by atoms with van der Waals surface area (Å²) in [7, 11) is 3.13. The molecule has 1 aliphatic rings. The quantitative estimate of drug-likeness (QED) is 0.474. The first-order valence-electron chi connectivity index (χ1n) is 11.5. The van der Waals surface area contributed by atoms with E-state index in [1.165, 1.54) is 11.8 Å². The molecule has 4 rings (SSSR count). The lowest BCUT2D eigenvalue weighted by atomic mass is 10.2. The number of hydrogen-bond acceptors (Lipinski definition) is 6. The van der Waals surface area contributed by atoms with E-state index >= 15 is 0 Å². The number of nitrogens with one attached hydrogen (secondary N) is 1. The Balaban J connectivity index is 1.45.